The molecule has 1 fully saturated rings. The highest BCUT2D eigenvalue weighted by Crippen LogP contribution is 2.67. The Bertz CT molecular complexity index is 679. The first kappa shape index (κ1) is 20.5. The number of rotatable bonds is 5. The van der Waals surface area contributed by atoms with E-state index in [4.69, 9.17) is 4.43 Å². The molecule has 0 radical (unpaired) electrons. The number of benzene rings is 1. The largest absolute Gasteiger partial charge is 0.411 e. The van der Waals surface area contributed by atoms with Crippen molar-refractivity contribution >= 4 is 30.6 Å². The van der Waals surface area contributed by atoms with E-state index in [1.165, 1.54) is 12.0 Å². The van der Waals surface area contributed by atoms with Gasteiger partial charge >= 0.3 is 0 Å². The molecule has 0 amide bonds. The van der Waals surface area contributed by atoms with Crippen LogP contribution in [0.3, 0.4) is 0 Å². The molecule has 3 rings (SSSR count). The zero-order valence-corrected chi connectivity index (χ0v) is 22.3. The lowest BCUT2D eigenvalue weighted by Gasteiger charge is -2.63. The molecular weight excluding hydrogens is 381 g/mol. The van der Waals surface area contributed by atoms with E-state index in [0.717, 1.165) is 5.54 Å². The molecule has 26 heavy (non-hydrogen) atoms. The summed E-state index contributed by atoms with van der Waals surface area (Å²) in [6.07, 6.45) is 6.53. The first-order chi connectivity index (χ1) is 11.8. The van der Waals surface area contributed by atoms with E-state index in [0.29, 0.717) is 5.92 Å². The van der Waals surface area contributed by atoms with E-state index in [1.54, 1.807) is 0 Å². The molecule has 3 atom stereocenters. The van der Waals surface area contributed by atoms with Gasteiger partial charge in [0.25, 0.3) is 0 Å². The van der Waals surface area contributed by atoms with Crippen molar-refractivity contribution in [2.24, 2.45) is 5.92 Å². The topological polar surface area (TPSA) is 9.23 Å². The van der Waals surface area contributed by atoms with Crippen molar-refractivity contribution in [3.05, 3.63) is 48.0 Å². The summed E-state index contributed by atoms with van der Waals surface area (Å²) in [6.45, 7) is 23.3. The number of hydrogen-bond acceptors (Lipinski definition) is 1. The highest BCUT2D eigenvalue weighted by atomic mass is 29.6. The molecule has 2 bridgehead atoms. The van der Waals surface area contributed by atoms with Gasteiger partial charge in [0, 0.05) is 21.1 Å². The van der Waals surface area contributed by atoms with Gasteiger partial charge in [-0.25, -0.2) is 0 Å². The summed E-state index contributed by atoms with van der Waals surface area (Å²) in [7, 11) is -6.33. The average molecular weight is 419 g/mol. The van der Waals surface area contributed by atoms with Gasteiger partial charge in [-0.2, -0.15) is 0 Å². The molecule has 1 nitrogen and oxygen atoms in total. The third-order valence-electron chi connectivity index (χ3n) is 6.78. The molecule has 1 aliphatic heterocycles. The maximum absolute atomic E-state index is 7.49. The van der Waals surface area contributed by atoms with Crippen LogP contribution in [0.4, 0.5) is 0 Å². The standard InChI is InChI=1S/C21H38OSi4/c1-23(2,3)22-21(18-13-11-10-12-14-18)19-15-16-20(17-19)26(21,24(4,5)6)25(7,8)9/h10-16,19-20H,17H2,1-9H3/t19-,20+,21+/m0/s1. The molecule has 1 aliphatic carbocycles. The van der Waals surface area contributed by atoms with Crippen LogP contribution < -0.4 is 0 Å². The minimum absolute atomic E-state index is 0.00704. The van der Waals surface area contributed by atoms with Crippen LogP contribution >= 0.6 is 0 Å². The van der Waals surface area contributed by atoms with Crippen LogP contribution in [-0.2, 0) is 9.65 Å². The van der Waals surface area contributed by atoms with Crippen molar-refractivity contribution in [3.63, 3.8) is 0 Å². The van der Waals surface area contributed by atoms with Crippen LogP contribution in [0.25, 0.3) is 0 Å². The Morgan fingerprint density at radius 2 is 1.38 bits per heavy atom. The molecule has 1 aromatic carbocycles. The number of allylic oxidation sites excluding steroid dienone is 1. The van der Waals surface area contributed by atoms with E-state index in [-0.39, 0.29) is 5.22 Å². The molecule has 1 aromatic rings. The Morgan fingerprint density at radius 1 is 0.846 bits per heavy atom. The fourth-order valence-corrected chi connectivity index (χ4v) is 64.1. The van der Waals surface area contributed by atoms with Gasteiger partial charge in [0.2, 0.25) is 0 Å². The van der Waals surface area contributed by atoms with Crippen molar-refractivity contribution < 1.29 is 4.43 Å². The molecule has 5 heteroatoms. The second-order valence-electron chi connectivity index (χ2n) is 11.5. The predicted molar refractivity (Wildman–Crippen MR) is 126 cm³/mol. The summed E-state index contributed by atoms with van der Waals surface area (Å²) in [5, 5.41) is 0.00704. The van der Waals surface area contributed by atoms with Gasteiger partial charge in [0.1, 0.15) is 0 Å². The number of fused-ring (bicyclic) bond motifs is 2. The van der Waals surface area contributed by atoms with E-state index in [2.05, 4.69) is 101 Å². The highest BCUT2D eigenvalue weighted by Gasteiger charge is 2.77. The quantitative estimate of drug-likeness (QED) is 0.391. The lowest BCUT2D eigenvalue weighted by atomic mass is 9.95. The van der Waals surface area contributed by atoms with Crippen LogP contribution in [0, 0.1) is 5.92 Å². The molecule has 1 saturated heterocycles. The van der Waals surface area contributed by atoms with Crippen LogP contribution in [-0.4, -0.2) is 30.6 Å². The summed E-state index contributed by atoms with van der Waals surface area (Å²) in [5.41, 5.74) is 2.33. The third kappa shape index (κ3) is 2.69. The minimum Gasteiger partial charge on any atom is -0.411 e. The van der Waals surface area contributed by atoms with Crippen molar-refractivity contribution in [1.82, 2.24) is 0 Å². The Balaban J connectivity index is 2.42. The fraction of sp³-hybridized carbons (Fsp3) is 0.619. The molecule has 0 N–H and O–H groups in total. The summed E-state index contributed by atoms with van der Waals surface area (Å²) in [4.78, 5) is 0. The Kier molecular flexibility index (Phi) is 4.85. The number of hydrogen-bond donors (Lipinski definition) is 0. The van der Waals surface area contributed by atoms with Crippen molar-refractivity contribution in [3.8, 4) is 0 Å². The molecule has 0 unspecified atom stereocenters. The van der Waals surface area contributed by atoms with Crippen molar-refractivity contribution in [2.45, 2.75) is 76.1 Å². The summed E-state index contributed by atoms with van der Waals surface area (Å²) in [5.74, 6) is 0.590. The van der Waals surface area contributed by atoms with Gasteiger partial charge in [-0.15, -0.1) is 0 Å². The second kappa shape index (κ2) is 6.14. The fourth-order valence-electron chi connectivity index (χ4n) is 7.07. The van der Waals surface area contributed by atoms with Gasteiger partial charge in [0.15, 0.2) is 8.32 Å². The van der Waals surface area contributed by atoms with E-state index >= 15 is 0 Å². The first-order valence-electron chi connectivity index (χ1n) is 10.2. The van der Waals surface area contributed by atoms with E-state index in [1.807, 2.05) is 0 Å². The molecule has 144 valence electrons. The summed E-state index contributed by atoms with van der Waals surface area (Å²) >= 11 is 0. The maximum Gasteiger partial charge on any atom is 0.184 e. The van der Waals surface area contributed by atoms with Crippen LogP contribution in [0.2, 0.25) is 64.5 Å². The average Bonchev–Trinajstić information content (AvgIpc) is 3.03. The Morgan fingerprint density at radius 3 is 1.85 bits per heavy atom. The molecule has 1 heterocycles. The zero-order chi connectivity index (χ0) is 19.6. The minimum atomic E-state index is -1.74. The normalized spacial score (nSPS) is 30.8. The summed E-state index contributed by atoms with van der Waals surface area (Å²) in [6, 6.07) is 11.5. The molecule has 0 spiro atoms. The molecule has 0 saturated carbocycles. The van der Waals surface area contributed by atoms with Crippen molar-refractivity contribution in [1.29, 1.82) is 0 Å². The maximum atomic E-state index is 7.49. The molecular formula is C21H38OSi4. The molecule has 0 aromatic heterocycles. The van der Waals surface area contributed by atoms with Crippen LogP contribution in [0.15, 0.2) is 42.5 Å². The first-order valence-corrected chi connectivity index (χ1v) is 24.7. The van der Waals surface area contributed by atoms with Crippen LogP contribution in [0.5, 0.6) is 0 Å². The van der Waals surface area contributed by atoms with Crippen LogP contribution in [0.1, 0.15) is 12.0 Å². The lowest BCUT2D eigenvalue weighted by Crippen LogP contribution is -2.83. The molecule has 2 aliphatic rings. The van der Waals surface area contributed by atoms with Gasteiger partial charge < -0.3 is 4.43 Å². The monoisotopic (exact) mass is 418 g/mol. The van der Waals surface area contributed by atoms with E-state index in [9.17, 15) is 0 Å². The zero-order valence-electron chi connectivity index (χ0n) is 18.3. The summed E-state index contributed by atoms with van der Waals surface area (Å²) < 4.78 is 7.49. The van der Waals surface area contributed by atoms with E-state index < -0.39 is 30.6 Å². The third-order valence-corrected chi connectivity index (χ3v) is 48.3. The van der Waals surface area contributed by atoms with Gasteiger partial charge in [-0.1, -0.05) is 81.8 Å². The van der Waals surface area contributed by atoms with Crippen molar-refractivity contribution in [2.75, 3.05) is 0 Å². The lowest BCUT2D eigenvalue weighted by molar-refractivity contribution is 0.105. The smallest absolute Gasteiger partial charge is 0.184 e. The SMILES string of the molecule is C[Si](C)(C)O[C@@]1(c2ccccc2)[C@H]2C=C[C@H](C2)[Si]1([Si](C)(C)C)[Si](C)(C)C. The Hall–Kier alpha value is -0.212. The van der Waals surface area contributed by atoms with Gasteiger partial charge in [-0.05, 0) is 37.2 Å². The van der Waals surface area contributed by atoms with Gasteiger partial charge in [0.05, 0.1) is 12.3 Å². The Labute approximate surface area is 165 Å². The predicted octanol–water partition coefficient (Wildman–Crippen LogP) is 6.51. The second-order valence-corrected chi connectivity index (χ2v) is 43.2. The highest BCUT2D eigenvalue weighted by molar-refractivity contribution is 7.70. The van der Waals surface area contributed by atoms with Gasteiger partial charge in [-0.3, -0.25) is 0 Å².